The fraction of sp³-hybridized carbons (Fsp3) is 0.174. The Morgan fingerprint density at radius 2 is 1.59 bits per heavy atom. The first kappa shape index (κ1) is 29.1. The maximum absolute atomic E-state index is 15.0. The number of ether oxygens (including phenoxy) is 3. The summed E-state index contributed by atoms with van der Waals surface area (Å²) in [7, 11) is 0. The molecule has 39 heavy (non-hydrogen) atoms. The van der Waals surface area contributed by atoms with E-state index in [2.05, 4.69) is 19.8 Å². The summed E-state index contributed by atoms with van der Waals surface area (Å²) in [6.45, 7) is -2.47. The van der Waals surface area contributed by atoms with E-state index < -0.39 is 70.8 Å². The molecule has 0 bridgehead atoms. The molecule has 0 aliphatic rings. The lowest BCUT2D eigenvalue weighted by atomic mass is 10.1. The standard InChI is InChI=1S/C23H13F9N2O5/c1-10(35)14-8-11(6-7-33-14)34-20(36)18-16(5-3-13(19(18)24)22(27,28)29)37-15-4-2-12(39-23(30,31)32)9-17(15)38-21(25)26/h2-9,21H,1H3,(H,33,34,36). The van der Waals surface area contributed by atoms with Crippen LogP contribution < -0.4 is 19.5 Å². The van der Waals surface area contributed by atoms with E-state index in [1.165, 1.54) is 0 Å². The van der Waals surface area contributed by atoms with Gasteiger partial charge >= 0.3 is 19.2 Å². The van der Waals surface area contributed by atoms with E-state index in [0.717, 1.165) is 25.3 Å². The second-order valence-electron chi connectivity index (χ2n) is 7.37. The minimum absolute atomic E-state index is 0.149. The molecule has 1 heterocycles. The van der Waals surface area contributed by atoms with Crippen LogP contribution in [0.1, 0.15) is 33.3 Å². The molecule has 1 N–H and O–H groups in total. The highest BCUT2D eigenvalue weighted by Gasteiger charge is 2.38. The average molecular weight is 568 g/mol. The predicted octanol–water partition coefficient (Wildman–Crippen LogP) is 6.99. The van der Waals surface area contributed by atoms with Crippen molar-refractivity contribution in [3.63, 3.8) is 0 Å². The third kappa shape index (κ3) is 7.52. The van der Waals surface area contributed by atoms with Crippen LogP contribution in [0.25, 0.3) is 0 Å². The maximum Gasteiger partial charge on any atom is 0.573 e. The molecule has 0 saturated heterocycles. The van der Waals surface area contributed by atoms with Crippen molar-refractivity contribution < 1.29 is 63.3 Å². The number of aromatic nitrogens is 1. The number of halogens is 9. The Morgan fingerprint density at radius 3 is 2.18 bits per heavy atom. The minimum atomic E-state index is -5.28. The number of anilines is 1. The van der Waals surface area contributed by atoms with Crippen LogP contribution >= 0.6 is 0 Å². The number of alkyl halides is 8. The predicted molar refractivity (Wildman–Crippen MR) is 113 cm³/mol. The van der Waals surface area contributed by atoms with Gasteiger partial charge in [0.2, 0.25) is 0 Å². The fourth-order valence-electron chi connectivity index (χ4n) is 3.04. The van der Waals surface area contributed by atoms with E-state index in [0.29, 0.717) is 24.3 Å². The van der Waals surface area contributed by atoms with Gasteiger partial charge in [-0.1, -0.05) is 0 Å². The lowest BCUT2D eigenvalue weighted by molar-refractivity contribution is -0.274. The fourth-order valence-corrected chi connectivity index (χ4v) is 3.04. The van der Waals surface area contributed by atoms with Crippen molar-refractivity contribution in [3.8, 4) is 23.0 Å². The van der Waals surface area contributed by atoms with Gasteiger partial charge in [-0.15, -0.1) is 13.2 Å². The lowest BCUT2D eigenvalue weighted by Crippen LogP contribution is -2.19. The van der Waals surface area contributed by atoms with E-state index >= 15 is 4.39 Å². The van der Waals surface area contributed by atoms with E-state index in [1.807, 2.05) is 0 Å². The normalized spacial score (nSPS) is 11.8. The Bertz CT molecular complexity index is 1390. The number of pyridine rings is 1. The highest BCUT2D eigenvalue weighted by molar-refractivity contribution is 6.07. The summed E-state index contributed by atoms with van der Waals surface area (Å²) >= 11 is 0. The third-order valence-corrected chi connectivity index (χ3v) is 4.60. The molecule has 2 aromatic carbocycles. The number of hydrogen-bond donors (Lipinski definition) is 1. The second-order valence-corrected chi connectivity index (χ2v) is 7.37. The summed E-state index contributed by atoms with van der Waals surface area (Å²) < 4.78 is 131. The van der Waals surface area contributed by atoms with Crippen molar-refractivity contribution >= 4 is 17.4 Å². The van der Waals surface area contributed by atoms with Crippen LogP contribution in [0.4, 0.5) is 45.2 Å². The molecule has 1 amide bonds. The van der Waals surface area contributed by atoms with Crippen molar-refractivity contribution in [2.75, 3.05) is 5.32 Å². The highest BCUT2D eigenvalue weighted by Crippen LogP contribution is 2.41. The van der Waals surface area contributed by atoms with Gasteiger partial charge in [-0.3, -0.25) is 14.6 Å². The summed E-state index contributed by atoms with van der Waals surface area (Å²) in [5, 5.41) is 2.07. The summed E-state index contributed by atoms with van der Waals surface area (Å²) in [6.07, 6.45) is -9.43. The Morgan fingerprint density at radius 1 is 0.923 bits per heavy atom. The first-order valence-electron chi connectivity index (χ1n) is 10.3. The maximum atomic E-state index is 15.0. The molecule has 0 aliphatic carbocycles. The van der Waals surface area contributed by atoms with Crippen molar-refractivity contribution in [2.45, 2.75) is 26.1 Å². The molecular weight excluding hydrogens is 555 g/mol. The molecule has 0 spiro atoms. The zero-order chi connectivity index (χ0) is 29.1. The number of benzene rings is 2. The highest BCUT2D eigenvalue weighted by atomic mass is 19.4. The molecule has 1 aromatic heterocycles. The van der Waals surface area contributed by atoms with E-state index in [9.17, 15) is 44.7 Å². The van der Waals surface area contributed by atoms with Gasteiger partial charge in [0.15, 0.2) is 23.1 Å². The van der Waals surface area contributed by atoms with Crippen LogP contribution in [0.2, 0.25) is 0 Å². The Balaban J connectivity index is 2.09. The van der Waals surface area contributed by atoms with Gasteiger partial charge in [-0.05, 0) is 36.4 Å². The third-order valence-electron chi connectivity index (χ3n) is 4.60. The van der Waals surface area contributed by atoms with Crippen LogP contribution in [0.3, 0.4) is 0 Å². The number of nitrogens with one attached hydrogen (secondary N) is 1. The monoisotopic (exact) mass is 568 g/mol. The van der Waals surface area contributed by atoms with Crippen LogP contribution in [0, 0.1) is 5.82 Å². The van der Waals surface area contributed by atoms with Crippen molar-refractivity contribution in [3.05, 3.63) is 71.3 Å². The SMILES string of the molecule is CC(=O)c1cc(NC(=O)c2c(Oc3ccc(OC(F)(F)F)cc3OC(F)F)ccc(C(F)(F)F)c2F)ccn1. The summed E-state index contributed by atoms with van der Waals surface area (Å²) in [5.41, 5.74) is -3.58. The first-order chi connectivity index (χ1) is 18.0. The Labute approximate surface area is 212 Å². The van der Waals surface area contributed by atoms with Gasteiger partial charge in [-0.25, -0.2) is 4.39 Å². The molecule has 0 fully saturated rings. The number of carbonyl (C=O) groups excluding carboxylic acids is 2. The van der Waals surface area contributed by atoms with Crippen LogP contribution in [-0.4, -0.2) is 29.6 Å². The average Bonchev–Trinajstić information content (AvgIpc) is 2.78. The number of carbonyl (C=O) groups is 2. The summed E-state index contributed by atoms with van der Waals surface area (Å²) in [6, 6.07) is 4.37. The molecule has 0 atom stereocenters. The quantitative estimate of drug-likeness (QED) is 0.233. The van der Waals surface area contributed by atoms with Crippen molar-refractivity contribution in [2.24, 2.45) is 0 Å². The lowest BCUT2D eigenvalue weighted by Gasteiger charge is -2.18. The van der Waals surface area contributed by atoms with Gasteiger partial charge in [-0.2, -0.15) is 22.0 Å². The van der Waals surface area contributed by atoms with Gasteiger partial charge in [0, 0.05) is 24.9 Å². The number of hydrogen-bond acceptors (Lipinski definition) is 6. The minimum Gasteiger partial charge on any atom is -0.453 e. The van der Waals surface area contributed by atoms with Crippen LogP contribution in [0.5, 0.6) is 23.0 Å². The molecule has 3 aromatic rings. The smallest absolute Gasteiger partial charge is 0.453 e. The summed E-state index contributed by atoms with van der Waals surface area (Å²) in [5.74, 6) is -8.08. The van der Waals surface area contributed by atoms with Gasteiger partial charge in [0.1, 0.15) is 22.8 Å². The zero-order valence-electron chi connectivity index (χ0n) is 19.1. The van der Waals surface area contributed by atoms with Crippen molar-refractivity contribution in [1.29, 1.82) is 0 Å². The Hall–Kier alpha value is -4.50. The first-order valence-corrected chi connectivity index (χ1v) is 10.3. The molecular formula is C23H13F9N2O5. The van der Waals surface area contributed by atoms with Crippen LogP contribution in [0.15, 0.2) is 48.7 Å². The number of nitrogens with zero attached hydrogens (tertiary/aromatic N) is 1. The zero-order valence-corrected chi connectivity index (χ0v) is 19.1. The topological polar surface area (TPSA) is 86.8 Å². The summed E-state index contributed by atoms with van der Waals surface area (Å²) in [4.78, 5) is 28.1. The number of rotatable bonds is 8. The molecule has 7 nitrogen and oxygen atoms in total. The number of amides is 1. The molecule has 3 rings (SSSR count). The molecule has 16 heteroatoms. The molecule has 0 radical (unpaired) electrons. The van der Waals surface area contributed by atoms with Gasteiger partial charge in [0.05, 0.1) is 5.56 Å². The van der Waals surface area contributed by atoms with Gasteiger partial charge < -0.3 is 19.5 Å². The van der Waals surface area contributed by atoms with Gasteiger partial charge in [0.25, 0.3) is 5.91 Å². The van der Waals surface area contributed by atoms with Crippen molar-refractivity contribution in [1.82, 2.24) is 4.98 Å². The van der Waals surface area contributed by atoms with Crippen LogP contribution in [-0.2, 0) is 6.18 Å². The number of Topliss-reactive ketones (excluding diaryl/α,β-unsaturated/α-hetero) is 1. The number of ketones is 1. The molecule has 0 saturated carbocycles. The van der Waals surface area contributed by atoms with E-state index in [1.54, 1.807) is 0 Å². The van der Waals surface area contributed by atoms with E-state index in [4.69, 9.17) is 4.74 Å². The molecule has 0 aliphatic heterocycles. The molecule has 208 valence electrons. The Kier molecular flexibility index (Phi) is 8.26. The molecule has 0 unspecified atom stereocenters. The second kappa shape index (κ2) is 11.1. The van der Waals surface area contributed by atoms with E-state index in [-0.39, 0.29) is 17.4 Å². The largest absolute Gasteiger partial charge is 0.573 e.